The van der Waals surface area contributed by atoms with Crippen molar-refractivity contribution in [1.29, 1.82) is 0 Å². The van der Waals surface area contributed by atoms with Crippen LogP contribution in [0.2, 0.25) is 5.02 Å². The molecular formula is C25H25ClN2O5S. The maximum atomic E-state index is 12.4. The zero-order valence-corrected chi connectivity index (χ0v) is 20.0. The fourth-order valence-corrected chi connectivity index (χ4v) is 5.11. The highest BCUT2D eigenvalue weighted by Crippen LogP contribution is 2.29. The second-order valence-electron chi connectivity index (χ2n) is 8.26. The van der Waals surface area contributed by atoms with Crippen molar-refractivity contribution >= 4 is 50.8 Å². The molecule has 1 aliphatic rings. The van der Waals surface area contributed by atoms with Gasteiger partial charge in [-0.25, -0.2) is 0 Å². The van der Waals surface area contributed by atoms with Crippen molar-refractivity contribution in [3.8, 4) is 5.75 Å². The summed E-state index contributed by atoms with van der Waals surface area (Å²) in [7, 11) is 0. The summed E-state index contributed by atoms with van der Waals surface area (Å²) in [5, 5.41) is 16.2. The molecule has 1 aromatic heterocycles. The zero-order chi connectivity index (χ0) is 24.1. The highest BCUT2D eigenvalue weighted by atomic mass is 35.5. The number of rotatable bonds is 8. The number of carbonyl (C=O) groups is 3. The summed E-state index contributed by atoms with van der Waals surface area (Å²) in [5.41, 5.74) is 0.495. The Kier molecular flexibility index (Phi) is 7.70. The number of hydrogen-bond donors (Lipinski definition) is 3. The van der Waals surface area contributed by atoms with Gasteiger partial charge in [-0.2, -0.15) is 0 Å². The molecule has 34 heavy (non-hydrogen) atoms. The van der Waals surface area contributed by atoms with Gasteiger partial charge >= 0.3 is 5.97 Å². The highest BCUT2D eigenvalue weighted by Gasteiger charge is 2.26. The van der Waals surface area contributed by atoms with Crippen LogP contribution < -0.4 is 15.4 Å². The molecule has 4 rings (SSSR count). The molecule has 178 valence electrons. The van der Waals surface area contributed by atoms with Gasteiger partial charge in [0.2, 0.25) is 0 Å². The van der Waals surface area contributed by atoms with Crippen molar-refractivity contribution in [2.75, 3.05) is 13.1 Å². The fraction of sp³-hybridized carbons (Fsp3) is 0.320. The van der Waals surface area contributed by atoms with E-state index in [-0.39, 0.29) is 23.8 Å². The van der Waals surface area contributed by atoms with Crippen molar-refractivity contribution in [2.24, 2.45) is 5.92 Å². The summed E-state index contributed by atoms with van der Waals surface area (Å²) in [6.07, 6.45) is 2.65. The van der Waals surface area contributed by atoms with E-state index in [0.717, 1.165) is 10.1 Å². The summed E-state index contributed by atoms with van der Waals surface area (Å²) in [6.45, 7) is 0.603. The molecule has 1 saturated carbocycles. The van der Waals surface area contributed by atoms with Crippen LogP contribution in [0.4, 0.5) is 0 Å². The first kappa shape index (κ1) is 24.0. The van der Waals surface area contributed by atoms with E-state index in [1.807, 2.05) is 12.1 Å². The molecule has 1 heterocycles. The molecule has 0 radical (unpaired) electrons. The first-order valence-corrected chi connectivity index (χ1v) is 12.3. The fourth-order valence-electron chi connectivity index (χ4n) is 3.97. The van der Waals surface area contributed by atoms with Crippen molar-refractivity contribution in [3.63, 3.8) is 0 Å². The second-order valence-corrected chi connectivity index (χ2v) is 9.78. The molecule has 1 aliphatic carbocycles. The number of ether oxygens (including phenoxy) is 1. The van der Waals surface area contributed by atoms with Crippen LogP contribution in [-0.4, -0.2) is 42.1 Å². The molecule has 9 heteroatoms. The van der Waals surface area contributed by atoms with E-state index < -0.39 is 5.97 Å². The van der Waals surface area contributed by atoms with Crippen LogP contribution in [-0.2, 0) is 4.79 Å². The maximum Gasteiger partial charge on any atom is 0.306 e. The minimum Gasteiger partial charge on any atom is -0.490 e. The Morgan fingerprint density at radius 1 is 0.941 bits per heavy atom. The number of amides is 2. The predicted molar refractivity (Wildman–Crippen MR) is 132 cm³/mol. The van der Waals surface area contributed by atoms with Crippen LogP contribution in [0.5, 0.6) is 5.75 Å². The summed E-state index contributed by atoms with van der Waals surface area (Å²) >= 11 is 7.39. The van der Waals surface area contributed by atoms with Gasteiger partial charge < -0.3 is 20.5 Å². The lowest BCUT2D eigenvalue weighted by atomic mass is 9.87. The minimum absolute atomic E-state index is 0.00295. The number of aliphatic carboxylic acids is 1. The Morgan fingerprint density at radius 2 is 1.62 bits per heavy atom. The third-order valence-electron chi connectivity index (χ3n) is 5.84. The number of hydrogen-bond acceptors (Lipinski definition) is 5. The maximum absolute atomic E-state index is 12.4. The van der Waals surface area contributed by atoms with Gasteiger partial charge in [0.1, 0.15) is 5.75 Å². The van der Waals surface area contributed by atoms with E-state index in [9.17, 15) is 14.4 Å². The van der Waals surface area contributed by atoms with Crippen molar-refractivity contribution in [1.82, 2.24) is 10.6 Å². The largest absolute Gasteiger partial charge is 0.490 e. The third kappa shape index (κ3) is 6.07. The molecule has 0 spiro atoms. The number of halogens is 1. The van der Waals surface area contributed by atoms with Crippen LogP contribution in [0.3, 0.4) is 0 Å². The SMILES string of the molecule is O=C(NCCNC(=O)c1cc2cc(Cl)ccc2s1)c1ccc(OC2CCC(C(=O)O)CC2)cc1. The van der Waals surface area contributed by atoms with Crippen LogP contribution in [0.1, 0.15) is 45.7 Å². The molecule has 2 aromatic carbocycles. The Bertz CT molecular complexity index is 1190. The molecule has 1 fully saturated rings. The average Bonchev–Trinajstić information content (AvgIpc) is 3.26. The summed E-state index contributed by atoms with van der Waals surface area (Å²) < 4.78 is 6.92. The number of carboxylic acid groups (broad SMARTS) is 1. The summed E-state index contributed by atoms with van der Waals surface area (Å²) in [6, 6.07) is 14.2. The number of benzene rings is 2. The predicted octanol–water partition coefficient (Wildman–Crippen LogP) is 4.74. The topological polar surface area (TPSA) is 105 Å². The Morgan fingerprint density at radius 3 is 2.29 bits per heavy atom. The highest BCUT2D eigenvalue weighted by molar-refractivity contribution is 7.20. The van der Waals surface area contributed by atoms with Crippen LogP contribution in [0, 0.1) is 5.92 Å². The van der Waals surface area contributed by atoms with Gasteiger partial charge in [0.15, 0.2) is 0 Å². The van der Waals surface area contributed by atoms with Crippen LogP contribution in [0.15, 0.2) is 48.5 Å². The molecule has 0 saturated heterocycles. The van der Waals surface area contributed by atoms with Crippen LogP contribution in [0.25, 0.3) is 10.1 Å². The molecule has 7 nitrogen and oxygen atoms in total. The van der Waals surface area contributed by atoms with E-state index in [2.05, 4.69) is 10.6 Å². The zero-order valence-electron chi connectivity index (χ0n) is 18.4. The molecule has 0 unspecified atom stereocenters. The monoisotopic (exact) mass is 500 g/mol. The third-order valence-corrected chi connectivity index (χ3v) is 7.19. The van der Waals surface area contributed by atoms with Gasteiger partial charge in [0, 0.05) is 28.4 Å². The van der Waals surface area contributed by atoms with Gasteiger partial charge in [0.05, 0.1) is 16.9 Å². The van der Waals surface area contributed by atoms with Gasteiger partial charge in [-0.3, -0.25) is 14.4 Å². The van der Waals surface area contributed by atoms with Crippen LogP contribution >= 0.6 is 22.9 Å². The summed E-state index contributed by atoms with van der Waals surface area (Å²) in [5.74, 6) is -0.782. The Balaban J connectivity index is 1.19. The molecule has 0 aliphatic heterocycles. The standard InChI is InChI=1S/C25H25ClN2O5S/c26-18-5-10-21-17(13-18)14-22(34-21)24(30)28-12-11-27-23(29)15-1-6-19(7-2-15)33-20-8-3-16(4-9-20)25(31)32/h1-2,5-7,10,13-14,16,20H,3-4,8-9,11-12H2,(H,27,29)(H,28,30)(H,31,32). The molecule has 0 atom stereocenters. The van der Waals surface area contributed by atoms with Gasteiger partial charge in [-0.05, 0) is 79.6 Å². The van der Waals surface area contributed by atoms with E-state index >= 15 is 0 Å². The van der Waals surface area contributed by atoms with Gasteiger partial charge in [0.25, 0.3) is 11.8 Å². The quantitative estimate of drug-likeness (QED) is 0.387. The summed E-state index contributed by atoms with van der Waals surface area (Å²) in [4.78, 5) is 36.4. The number of carboxylic acids is 1. The molecule has 3 aromatic rings. The van der Waals surface area contributed by atoms with E-state index in [1.54, 1.807) is 36.4 Å². The first-order chi connectivity index (χ1) is 16.4. The average molecular weight is 501 g/mol. The lowest BCUT2D eigenvalue weighted by Gasteiger charge is -2.26. The first-order valence-electron chi connectivity index (χ1n) is 11.1. The van der Waals surface area contributed by atoms with Crippen molar-refractivity contribution < 1.29 is 24.2 Å². The smallest absolute Gasteiger partial charge is 0.306 e. The second kappa shape index (κ2) is 10.9. The van der Waals surface area contributed by atoms with E-state index in [4.69, 9.17) is 21.4 Å². The minimum atomic E-state index is -0.737. The Hall–Kier alpha value is -3.10. The number of carbonyl (C=O) groups excluding carboxylic acids is 2. The Labute approximate surface area is 206 Å². The van der Waals surface area contributed by atoms with Gasteiger partial charge in [-0.1, -0.05) is 11.6 Å². The molecule has 0 bridgehead atoms. The number of nitrogens with one attached hydrogen (secondary N) is 2. The number of fused-ring (bicyclic) bond motifs is 1. The van der Waals surface area contributed by atoms with Gasteiger partial charge in [-0.15, -0.1) is 11.3 Å². The van der Waals surface area contributed by atoms with Crippen molar-refractivity contribution in [2.45, 2.75) is 31.8 Å². The lowest BCUT2D eigenvalue weighted by molar-refractivity contribution is -0.143. The molecule has 3 N–H and O–H groups in total. The molecular weight excluding hydrogens is 476 g/mol. The number of thiophene rings is 1. The lowest BCUT2D eigenvalue weighted by Crippen LogP contribution is -2.34. The van der Waals surface area contributed by atoms with E-state index in [0.29, 0.717) is 60.0 Å². The molecule has 2 amide bonds. The normalized spacial score (nSPS) is 17.8. The van der Waals surface area contributed by atoms with E-state index in [1.165, 1.54) is 11.3 Å². The van der Waals surface area contributed by atoms with Crippen molar-refractivity contribution in [3.05, 3.63) is 64.0 Å².